The Balaban J connectivity index is 1.63. The van der Waals surface area contributed by atoms with Crippen LogP contribution in [0.4, 0.5) is 0 Å². The van der Waals surface area contributed by atoms with Gasteiger partial charge in [-0.1, -0.05) is 6.92 Å². The standard InChI is InChI=1S/C16H27N3O/c1-2-18-8-5-13(6-9-18)10-15-11-19-7-3-4-14(12-20)16(19)17-15/h11,13-14,20H,2-10,12H2,1H3. The number of aryl methyl sites for hydroxylation is 1. The van der Waals surface area contributed by atoms with Crippen LogP contribution in [0.1, 0.15) is 50.0 Å². The molecule has 1 aromatic rings. The van der Waals surface area contributed by atoms with Crippen molar-refractivity contribution >= 4 is 0 Å². The second-order valence-electron chi connectivity index (χ2n) is 6.39. The zero-order chi connectivity index (χ0) is 13.9. The largest absolute Gasteiger partial charge is 0.396 e. The molecule has 1 aromatic heterocycles. The summed E-state index contributed by atoms with van der Waals surface area (Å²) >= 11 is 0. The summed E-state index contributed by atoms with van der Waals surface area (Å²) in [5.41, 5.74) is 1.25. The van der Waals surface area contributed by atoms with Crippen LogP contribution in [0, 0.1) is 5.92 Å². The van der Waals surface area contributed by atoms with Crippen molar-refractivity contribution in [2.24, 2.45) is 5.92 Å². The number of rotatable bonds is 4. The number of piperidine rings is 1. The second-order valence-corrected chi connectivity index (χ2v) is 6.39. The summed E-state index contributed by atoms with van der Waals surface area (Å²) < 4.78 is 2.28. The number of likely N-dealkylation sites (tertiary alicyclic amines) is 1. The van der Waals surface area contributed by atoms with E-state index in [1.807, 2.05) is 0 Å². The van der Waals surface area contributed by atoms with E-state index in [4.69, 9.17) is 4.98 Å². The van der Waals surface area contributed by atoms with Gasteiger partial charge in [-0.15, -0.1) is 0 Å². The molecule has 1 unspecified atom stereocenters. The molecule has 112 valence electrons. The van der Waals surface area contributed by atoms with Crippen LogP contribution in [0.3, 0.4) is 0 Å². The smallest absolute Gasteiger partial charge is 0.114 e. The lowest BCUT2D eigenvalue weighted by Gasteiger charge is -2.30. The van der Waals surface area contributed by atoms with Gasteiger partial charge in [0.15, 0.2) is 0 Å². The molecule has 0 amide bonds. The summed E-state index contributed by atoms with van der Waals surface area (Å²) in [4.78, 5) is 7.36. The fourth-order valence-corrected chi connectivity index (χ4v) is 3.70. The highest BCUT2D eigenvalue weighted by atomic mass is 16.3. The minimum absolute atomic E-state index is 0.241. The maximum Gasteiger partial charge on any atom is 0.114 e. The van der Waals surface area contributed by atoms with Gasteiger partial charge in [0.1, 0.15) is 5.82 Å². The van der Waals surface area contributed by atoms with Crippen molar-refractivity contribution in [1.29, 1.82) is 0 Å². The van der Waals surface area contributed by atoms with E-state index in [1.54, 1.807) is 0 Å². The maximum absolute atomic E-state index is 9.47. The first-order chi connectivity index (χ1) is 9.80. The highest BCUT2D eigenvalue weighted by Crippen LogP contribution is 2.28. The number of aromatic nitrogens is 2. The van der Waals surface area contributed by atoms with Gasteiger partial charge in [0.05, 0.1) is 12.3 Å². The van der Waals surface area contributed by atoms with Gasteiger partial charge < -0.3 is 14.6 Å². The number of aliphatic hydroxyl groups excluding tert-OH is 1. The Morgan fingerprint density at radius 3 is 2.75 bits per heavy atom. The van der Waals surface area contributed by atoms with Crippen LogP contribution in [0.25, 0.3) is 0 Å². The molecule has 3 rings (SSSR count). The van der Waals surface area contributed by atoms with E-state index < -0.39 is 0 Å². The minimum Gasteiger partial charge on any atom is -0.396 e. The average Bonchev–Trinajstić information content (AvgIpc) is 2.90. The van der Waals surface area contributed by atoms with Crippen molar-refractivity contribution in [3.63, 3.8) is 0 Å². The molecule has 2 aliphatic rings. The molecule has 2 aliphatic heterocycles. The molecule has 1 fully saturated rings. The lowest BCUT2D eigenvalue weighted by molar-refractivity contribution is 0.191. The monoisotopic (exact) mass is 277 g/mol. The van der Waals surface area contributed by atoms with Gasteiger partial charge in [0.25, 0.3) is 0 Å². The number of aliphatic hydroxyl groups is 1. The third-order valence-corrected chi connectivity index (χ3v) is 5.05. The number of hydrogen-bond donors (Lipinski definition) is 1. The zero-order valence-electron chi connectivity index (χ0n) is 12.6. The van der Waals surface area contributed by atoms with Gasteiger partial charge in [0, 0.05) is 18.7 Å². The van der Waals surface area contributed by atoms with Crippen LogP contribution in [-0.4, -0.2) is 45.8 Å². The number of imidazole rings is 1. The first-order valence-electron chi connectivity index (χ1n) is 8.19. The van der Waals surface area contributed by atoms with Crippen molar-refractivity contribution in [2.75, 3.05) is 26.2 Å². The molecule has 1 saturated heterocycles. The molecule has 0 radical (unpaired) electrons. The summed E-state index contributed by atoms with van der Waals surface area (Å²) in [5, 5.41) is 9.47. The van der Waals surface area contributed by atoms with E-state index in [0.717, 1.165) is 31.1 Å². The summed E-state index contributed by atoms with van der Waals surface area (Å²) in [6.07, 6.45) is 8.22. The molecule has 1 N–H and O–H groups in total. The van der Waals surface area contributed by atoms with Gasteiger partial charge in [-0.25, -0.2) is 4.98 Å². The van der Waals surface area contributed by atoms with Crippen LogP contribution >= 0.6 is 0 Å². The molecule has 0 saturated carbocycles. The molecule has 0 aliphatic carbocycles. The topological polar surface area (TPSA) is 41.3 Å². The van der Waals surface area contributed by atoms with E-state index >= 15 is 0 Å². The normalized spacial score (nSPS) is 24.8. The molecular formula is C16H27N3O. The maximum atomic E-state index is 9.47. The van der Waals surface area contributed by atoms with Crippen molar-refractivity contribution in [3.8, 4) is 0 Å². The highest BCUT2D eigenvalue weighted by molar-refractivity contribution is 5.11. The van der Waals surface area contributed by atoms with E-state index in [1.165, 1.54) is 44.6 Å². The van der Waals surface area contributed by atoms with Gasteiger partial charge in [-0.2, -0.15) is 0 Å². The molecule has 20 heavy (non-hydrogen) atoms. The zero-order valence-corrected chi connectivity index (χ0v) is 12.6. The summed E-state index contributed by atoms with van der Waals surface area (Å²) in [6.45, 7) is 7.24. The second kappa shape index (κ2) is 6.27. The third kappa shape index (κ3) is 2.91. The fourth-order valence-electron chi connectivity index (χ4n) is 3.70. The van der Waals surface area contributed by atoms with E-state index in [0.29, 0.717) is 0 Å². The molecule has 4 heteroatoms. The Hall–Kier alpha value is -0.870. The first kappa shape index (κ1) is 14.1. The van der Waals surface area contributed by atoms with Gasteiger partial charge >= 0.3 is 0 Å². The predicted molar refractivity (Wildman–Crippen MR) is 79.8 cm³/mol. The third-order valence-electron chi connectivity index (χ3n) is 5.05. The molecule has 4 nitrogen and oxygen atoms in total. The predicted octanol–water partition coefficient (Wildman–Crippen LogP) is 2.03. The molecular weight excluding hydrogens is 250 g/mol. The van der Waals surface area contributed by atoms with Crippen molar-refractivity contribution in [3.05, 3.63) is 17.7 Å². The first-order valence-corrected chi connectivity index (χ1v) is 8.19. The van der Waals surface area contributed by atoms with Crippen LogP contribution in [-0.2, 0) is 13.0 Å². The van der Waals surface area contributed by atoms with Crippen LogP contribution in [0.15, 0.2) is 6.20 Å². The Bertz CT molecular complexity index is 435. The van der Waals surface area contributed by atoms with E-state index in [-0.39, 0.29) is 12.5 Å². The fraction of sp³-hybridized carbons (Fsp3) is 0.812. The summed E-state index contributed by atoms with van der Waals surface area (Å²) in [6, 6.07) is 0. The number of nitrogens with zero attached hydrogens (tertiary/aromatic N) is 3. The molecule has 3 heterocycles. The summed E-state index contributed by atoms with van der Waals surface area (Å²) in [7, 11) is 0. The minimum atomic E-state index is 0.241. The van der Waals surface area contributed by atoms with Crippen LogP contribution in [0.5, 0.6) is 0 Å². The summed E-state index contributed by atoms with van der Waals surface area (Å²) in [5.74, 6) is 2.18. The quantitative estimate of drug-likeness (QED) is 0.915. The Labute approximate surface area is 121 Å². The average molecular weight is 277 g/mol. The van der Waals surface area contributed by atoms with E-state index in [9.17, 15) is 5.11 Å². The van der Waals surface area contributed by atoms with Crippen LogP contribution in [0.2, 0.25) is 0 Å². The van der Waals surface area contributed by atoms with Crippen molar-refractivity contribution < 1.29 is 5.11 Å². The Morgan fingerprint density at radius 2 is 2.05 bits per heavy atom. The van der Waals surface area contributed by atoms with Gasteiger partial charge in [-0.3, -0.25) is 0 Å². The number of fused-ring (bicyclic) bond motifs is 1. The van der Waals surface area contributed by atoms with Crippen molar-refractivity contribution in [2.45, 2.75) is 51.5 Å². The van der Waals surface area contributed by atoms with Gasteiger partial charge in [0.2, 0.25) is 0 Å². The number of hydrogen-bond acceptors (Lipinski definition) is 3. The van der Waals surface area contributed by atoms with Crippen LogP contribution < -0.4 is 0 Å². The van der Waals surface area contributed by atoms with E-state index in [2.05, 4.69) is 22.6 Å². The van der Waals surface area contributed by atoms with Crippen molar-refractivity contribution in [1.82, 2.24) is 14.5 Å². The molecule has 0 spiro atoms. The lowest BCUT2D eigenvalue weighted by Crippen LogP contribution is -2.34. The lowest BCUT2D eigenvalue weighted by atomic mass is 9.92. The molecule has 0 aromatic carbocycles. The Morgan fingerprint density at radius 1 is 1.25 bits per heavy atom. The molecule has 0 bridgehead atoms. The Kier molecular flexibility index (Phi) is 4.41. The van der Waals surface area contributed by atoms with Gasteiger partial charge in [-0.05, 0) is 57.7 Å². The highest BCUT2D eigenvalue weighted by Gasteiger charge is 2.24. The molecule has 1 atom stereocenters. The SMILES string of the molecule is CCN1CCC(Cc2cn3c(n2)C(CO)CCC3)CC1.